The Balaban J connectivity index is 1.35. The molecule has 7 heteroatoms. The SMILES string of the molecule is CNCCc1c([C@]23CCC(C)(C)CC2C2=CCC4[C@@]5(C)Cc6c(N)n[nH]c6C(C)(C)C5CC[C@@]4(C)[C@]2(C)CC3)[nH][nH]c1=O. The molecule has 0 radical (unpaired) electrons. The number of nitrogens with two attached hydrogens (primary N) is 1. The van der Waals surface area contributed by atoms with E-state index in [1.807, 2.05) is 7.05 Å². The summed E-state index contributed by atoms with van der Waals surface area (Å²) < 4.78 is 0. The fraction of sp³-hybridized carbons (Fsp3) is 0.778. The van der Waals surface area contributed by atoms with Gasteiger partial charge in [-0.3, -0.25) is 15.0 Å². The topological polar surface area (TPSA) is 115 Å². The molecule has 0 amide bonds. The first-order chi connectivity index (χ1) is 20.1. The highest BCUT2D eigenvalue weighted by Crippen LogP contribution is 2.75. The van der Waals surface area contributed by atoms with Crippen molar-refractivity contribution in [2.24, 2.45) is 39.4 Å². The molecule has 43 heavy (non-hydrogen) atoms. The number of H-pyrrole nitrogens is 3. The maximum Gasteiger partial charge on any atom is 0.267 e. The summed E-state index contributed by atoms with van der Waals surface area (Å²) in [6.07, 6.45) is 14.1. The summed E-state index contributed by atoms with van der Waals surface area (Å²) in [6, 6.07) is 0. The lowest BCUT2D eigenvalue weighted by Gasteiger charge is -2.71. The molecular weight excluding hydrogens is 532 g/mol. The number of nitrogens with one attached hydrogen (secondary N) is 4. The minimum atomic E-state index is 0.000370. The molecule has 2 aromatic heterocycles. The number of anilines is 1. The second kappa shape index (κ2) is 9.14. The van der Waals surface area contributed by atoms with Gasteiger partial charge in [0, 0.05) is 33.3 Å². The van der Waals surface area contributed by atoms with Gasteiger partial charge in [-0.25, -0.2) is 0 Å². The second-order valence-corrected chi connectivity index (χ2v) is 17.5. The predicted octanol–water partition coefficient (Wildman–Crippen LogP) is 6.54. The molecule has 3 fully saturated rings. The van der Waals surface area contributed by atoms with Gasteiger partial charge in [-0.1, -0.05) is 60.1 Å². The van der Waals surface area contributed by atoms with Crippen LogP contribution in [0.4, 0.5) is 5.82 Å². The van der Waals surface area contributed by atoms with E-state index in [4.69, 9.17) is 5.73 Å². The molecule has 7 rings (SSSR count). The quantitative estimate of drug-likeness (QED) is 0.261. The van der Waals surface area contributed by atoms with Gasteiger partial charge in [-0.15, -0.1) is 0 Å². The van der Waals surface area contributed by atoms with Crippen LogP contribution in [0.15, 0.2) is 16.4 Å². The molecule has 7 nitrogen and oxygen atoms in total. The standard InChI is InChI=1S/C36H56N6O/c1-31(2)14-16-36(28-21(12-18-38-8)30(43)42-40-28)17-15-34(6)23(24(36)20-31)9-10-26-33(5)19-22-27(39-41-29(22)37)32(3,4)25(33)11-13-35(26,34)7/h9,24-26,38H,10-20H2,1-8H3,(H3,37,39,41)(H2,40,42,43)/t24?,25?,26?,33-,34+,35+,36-/m0/s1. The molecule has 2 aromatic rings. The van der Waals surface area contributed by atoms with E-state index in [0.717, 1.165) is 44.2 Å². The number of allylic oxidation sites excluding steroid dienone is 2. The Morgan fingerprint density at radius 3 is 2.47 bits per heavy atom. The highest BCUT2D eigenvalue weighted by atomic mass is 16.1. The van der Waals surface area contributed by atoms with Crippen LogP contribution in [0.1, 0.15) is 122 Å². The summed E-state index contributed by atoms with van der Waals surface area (Å²) in [5, 5.41) is 17.7. The maximum atomic E-state index is 13.1. The first-order valence-electron chi connectivity index (χ1n) is 17.1. The molecule has 6 N–H and O–H groups in total. The van der Waals surface area contributed by atoms with Gasteiger partial charge >= 0.3 is 0 Å². The van der Waals surface area contributed by atoms with E-state index in [1.54, 1.807) is 5.57 Å². The van der Waals surface area contributed by atoms with Gasteiger partial charge in [-0.2, -0.15) is 5.10 Å². The average Bonchev–Trinajstić information content (AvgIpc) is 3.49. The number of aromatic amines is 3. The molecule has 5 aliphatic rings. The fourth-order valence-corrected chi connectivity index (χ4v) is 12.4. The number of hydrogen-bond acceptors (Lipinski definition) is 4. The van der Waals surface area contributed by atoms with Crippen molar-refractivity contribution in [1.29, 1.82) is 0 Å². The Hall–Kier alpha value is -2.28. The van der Waals surface area contributed by atoms with Gasteiger partial charge in [0.15, 0.2) is 0 Å². The molecule has 3 unspecified atom stereocenters. The smallest absolute Gasteiger partial charge is 0.267 e. The van der Waals surface area contributed by atoms with E-state index in [0.29, 0.717) is 29.0 Å². The van der Waals surface area contributed by atoms with E-state index >= 15 is 0 Å². The van der Waals surface area contributed by atoms with E-state index in [-0.39, 0.29) is 32.6 Å². The van der Waals surface area contributed by atoms with Crippen molar-refractivity contribution >= 4 is 5.82 Å². The minimum absolute atomic E-state index is 0.000370. The summed E-state index contributed by atoms with van der Waals surface area (Å²) in [4.78, 5) is 13.1. The summed E-state index contributed by atoms with van der Waals surface area (Å²) in [6.45, 7) is 18.6. The molecule has 0 aromatic carbocycles. The molecule has 0 spiro atoms. The predicted molar refractivity (Wildman–Crippen MR) is 174 cm³/mol. The molecule has 0 saturated heterocycles. The first kappa shape index (κ1) is 29.4. The van der Waals surface area contributed by atoms with Crippen molar-refractivity contribution in [2.75, 3.05) is 19.3 Å². The third-order valence-electron chi connectivity index (χ3n) is 14.9. The summed E-state index contributed by atoms with van der Waals surface area (Å²) in [7, 11) is 1.98. The van der Waals surface area contributed by atoms with Crippen molar-refractivity contribution in [3.05, 3.63) is 44.5 Å². The third-order valence-corrected chi connectivity index (χ3v) is 14.9. The summed E-state index contributed by atoms with van der Waals surface area (Å²) in [5.41, 5.74) is 13.9. The molecular formula is C36H56N6O. The van der Waals surface area contributed by atoms with E-state index in [1.165, 1.54) is 49.1 Å². The zero-order valence-electron chi connectivity index (χ0n) is 28.0. The first-order valence-corrected chi connectivity index (χ1v) is 17.1. The van der Waals surface area contributed by atoms with Gasteiger partial charge in [0.2, 0.25) is 0 Å². The van der Waals surface area contributed by atoms with Crippen LogP contribution in [0.5, 0.6) is 0 Å². The van der Waals surface area contributed by atoms with Gasteiger partial charge in [0.25, 0.3) is 5.56 Å². The number of aromatic nitrogens is 4. The van der Waals surface area contributed by atoms with Crippen LogP contribution in [0, 0.1) is 39.4 Å². The van der Waals surface area contributed by atoms with Crippen molar-refractivity contribution in [1.82, 2.24) is 25.7 Å². The number of fused-ring (bicyclic) bond motifs is 8. The molecule has 5 aliphatic carbocycles. The van der Waals surface area contributed by atoms with Crippen LogP contribution in [0.3, 0.4) is 0 Å². The van der Waals surface area contributed by atoms with Crippen LogP contribution < -0.4 is 16.6 Å². The molecule has 0 aliphatic heterocycles. The molecule has 2 heterocycles. The van der Waals surface area contributed by atoms with Crippen molar-refractivity contribution in [3.63, 3.8) is 0 Å². The molecule has 236 valence electrons. The van der Waals surface area contributed by atoms with Crippen molar-refractivity contribution in [2.45, 2.75) is 124 Å². The lowest BCUT2D eigenvalue weighted by atomic mass is 9.33. The largest absolute Gasteiger partial charge is 0.382 e. The van der Waals surface area contributed by atoms with Gasteiger partial charge in [-0.05, 0) is 117 Å². The highest BCUT2D eigenvalue weighted by molar-refractivity contribution is 5.49. The second-order valence-electron chi connectivity index (χ2n) is 17.5. The zero-order chi connectivity index (χ0) is 30.8. The number of rotatable bonds is 4. The molecule has 7 atom stereocenters. The van der Waals surface area contributed by atoms with Gasteiger partial charge < -0.3 is 16.1 Å². The van der Waals surface area contributed by atoms with Crippen LogP contribution >= 0.6 is 0 Å². The number of likely N-dealkylation sites (N-methyl/N-ethyl adjacent to an activating group) is 1. The number of hydrogen-bond donors (Lipinski definition) is 5. The van der Waals surface area contributed by atoms with E-state index in [2.05, 4.69) is 80.3 Å². The summed E-state index contributed by atoms with van der Waals surface area (Å²) >= 11 is 0. The Labute approximate surface area is 258 Å². The zero-order valence-corrected chi connectivity index (χ0v) is 28.0. The Morgan fingerprint density at radius 1 is 0.977 bits per heavy atom. The molecule has 3 saturated carbocycles. The maximum absolute atomic E-state index is 13.1. The minimum Gasteiger partial charge on any atom is -0.382 e. The van der Waals surface area contributed by atoms with E-state index in [9.17, 15) is 4.79 Å². The summed E-state index contributed by atoms with van der Waals surface area (Å²) in [5.74, 6) is 2.35. The van der Waals surface area contributed by atoms with Gasteiger partial charge in [0.05, 0.1) is 0 Å². The third kappa shape index (κ3) is 3.69. The van der Waals surface area contributed by atoms with Crippen molar-refractivity contribution < 1.29 is 0 Å². The fourth-order valence-electron chi connectivity index (χ4n) is 12.4. The van der Waals surface area contributed by atoms with Crippen molar-refractivity contribution in [3.8, 4) is 0 Å². The average molecular weight is 589 g/mol. The van der Waals surface area contributed by atoms with Gasteiger partial charge in [0.1, 0.15) is 5.82 Å². The van der Waals surface area contributed by atoms with E-state index < -0.39 is 0 Å². The van der Waals surface area contributed by atoms with Crippen LogP contribution in [0.25, 0.3) is 0 Å². The van der Waals surface area contributed by atoms with Crippen LogP contribution in [-0.2, 0) is 23.7 Å². The Morgan fingerprint density at radius 2 is 1.72 bits per heavy atom. The highest BCUT2D eigenvalue weighted by Gasteiger charge is 2.68. The normalized spacial score (nSPS) is 40.8. The Bertz CT molecular complexity index is 1520. The lowest BCUT2D eigenvalue weighted by Crippen LogP contribution is -2.64. The molecule has 0 bridgehead atoms. The van der Waals surface area contributed by atoms with Crippen LogP contribution in [-0.4, -0.2) is 34.0 Å². The van der Waals surface area contributed by atoms with Crippen LogP contribution in [0.2, 0.25) is 0 Å². The lowest BCUT2D eigenvalue weighted by molar-refractivity contribution is -0.154. The Kier molecular flexibility index (Phi) is 6.26. The number of nitrogens with zero attached hydrogens (tertiary/aromatic N) is 1. The monoisotopic (exact) mass is 588 g/mol. The number of nitrogen functional groups attached to an aromatic ring is 1.